The number of hydrogen-bond donors (Lipinski definition) is 2. The molecule has 212 valence electrons. The molecule has 4 aromatic rings. The molecule has 0 saturated heterocycles. The number of halogens is 3. The van der Waals surface area contributed by atoms with Gasteiger partial charge in [0.2, 0.25) is 0 Å². The van der Waals surface area contributed by atoms with E-state index in [-0.39, 0.29) is 5.92 Å². The SMILES string of the molecule is CN1C=C(C(c2ccc(C(F)(F)F)nc2)c2ccc3nc(C#N)c(Cc4ccc(N/C=C\C=N)cc4)cc3c2)N(C)C1. The molecule has 0 amide bonds. The Hall–Kier alpha value is -5.17. The molecule has 2 aromatic heterocycles. The number of anilines is 1. The molecule has 2 N–H and O–H groups in total. The van der Waals surface area contributed by atoms with Crippen LogP contribution < -0.4 is 5.32 Å². The van der Waals surface area contributed by atoms with Gasteiger partial charge in [0.15, 0.2) is 0 Å². The van der Waals surface area contributed by atoms with E-state index in [2.05, 4.69) is 26.3 Å². The highest BCUT2D eigenvalue weighted by Crippen LogP contribution is 2.38. The number of benzene rings is 2. The number of fused-ring (bicyclic) bond motifs is 1. The van der Waals surface area contributed by atoms with Gasteiger partial charge >= 0.3 is 6.18 Å². The van der Waals surface area contributed by atoms with Crippen molar-refractivity contribution in [1.29, 1.82) is 10.7 Å². The van der Waals surface area contributed by atoms with Crippen molar-refractivity contribution in [3.8, 4) is 6.07 Å². The van der Waals surface area contributed by atoms with E-state index in [0.717, 1.165) is 39.5 Å². The van der Waals surface area contributed by atoms with E-state index in [1.54, 1.807) is 12.3 Å². The van der Waals surface area contributed by atoms with E-state index in [1.807, 2.05) is 73.7 Å². The van der Waals surface area contributed by atoms with Crippen LogP contribution in [0, 0.1) is 16.7 Å². The maximum absolute atomic E-state index is 13.2. The minimum atomic E-state index is -4.52. The summed E-state index contributed by atoms with van der Waals surface area (Å²) in [4.78, 5) is 12.4. The van der Waals surface area contributed by atoms with Crippen molar-refractivity contribution in [3.05, 3.63) is 125 Å². The van der Waals surface area contributed by atoms with Crippen LogP contribution >= 0.6 is 0 Å². The highest BCUT2D eigenvalue weighted by molar-refractivity contribution is 5.81. The van der Waals surface area contributed by atoms with Gasteiger partial charge in [-0.25, -0.2) is 4.98 Å². The van der Waals surface area contributed by atoms with Gasteiger partial charge in [-0.1, -0.05) is 24.3 Å². The number of alkyl halides is 3. The van der Waals surface area contributed by atoms with Crippen LogP contribution in [0.5, 0.6) is 0 Å². The molecule has 1 aliphatic rings. The monoisotopic (exact) mass is 567 g/mol. The van der Waals surface area contributed by atoms with E-state index >= 15 is 0 Å². The lowest BCUT2D eigenvalue weighted by Crippen LogP contribution is -2.23. The van der Waals surface area contributed by atoms with Crippen LogP contribution in [-0.2, 0) is 12.6 Å². The molecule has 0 radical (unpaired) electrons. The minimum Gasteiger partial charge on any atom is -0.362 e. The Labute approximate surface area is 241 Å². The Morgan fingerprint density at radius 3 is 2.45 bits per heavy atom. The van der Waals surface area contributed by atoms with Crippen LogP contribution in [0.15, 0.2) is 91.0 Å². The predicted molar refractivity (Wildman–Crippen MR) is 157 cm³/mol. The summed E-state index contributed by atoms with van der Waals surface area (Å²) < 4.78 is 39.7. The molecule has 10 heteroatoms. The van der Waals surface area contributed by atoms with Gasteiger partial charge in [0, 0.05) is 62.1 Å². The number of nitrogens with zero attached hydrogens (tertiary/aromatic N) is 5. The molecule has 1 aliphatic heterocycles. The van der Waals surface area contributed by atoms with E-state index < -0.39 is 11.9 Å². The summed E-state index contributed by atoms with van der Waals surface area (Å²) in [6.07, 6.45) is 3.72. The first-order valence-corrected chi connectivity index (χ1v) is 13.2. The van der Waals surface area contributed by atoms with E-state index in [9.17, 15) is 18.4 Å². The topological polar surface area (TPSA) is 91.9 Å². The number of hydrogen-bond acceptors (Lipinski definition) is 7. The molecule has 2 aromatic carbocycles. The van der Waals surface area contributed by atoms with Crippen molar-refractivity contribution in [2.45, 2.75) is 18.5 Å². The van der Waals surface area contributed by atoms with Gasteiger partial charge in [-0.05, 0) is 64.7 Å². The Balaban J connectivity index is 1.53. The third-order valence-corrected chi connectivity index (χ3v) is 7.08. The van der Waals surface area contributed by atoms with Crippen molar-refractivity contribution in [1.82, 2.24) is 19.8 Å². The first kappa shape index (κ1) is 28.4. The summed E-state index contributed by atoms with van der Waals surface area (Å²) >= 11 is 0. The molecule has 5 rings (SSSR count). The zero-order valence-electron chi connectivity index (χ0n) is 23.0. The lowest BCUT2D eigenvalue weighted by atomic mass is 9.88. The summed E-state index contributed by atoms with van der Waals surface area (Å²) in [5.41, 5.74) is 5.17. The van der Waals surface area contributed by atoms with Crippen LogP contribution in [0.3, 0.4) is 0 Å². The van der Waals surface area contributed by atoms with Gasteiger partial charge in [-0.15, -0.1) is 0 Å². The van der Waals surface area contributed by atoms with Gasteiger partial charge in [0.25, 0.3) is 0 Å². The molecule has 0 aliphatic carbocycles. The zero-order valence-corrected chi connectivity index (χ0v) is 23.0. The number of nitrogens with one attached hydrogen (secondary N) is 2. The van der Waals surface area contributed by atoms with Crippen molar-refractivity contribution in [2.24, 2.45) is 0 Å². The van der Waals surface area contributed by atoms with Crippen LogP contribution in [0.4, 0.5) is 18.9 Å². The summed E-state index contributed by atoms with van der Waals surface area (Å²) in [7, 11) is 3.89. The number of likely N-dealkylation sites (N-methyl/N-ethyl adjacent to an activating group) is 1. The quantitative estimate of drug-likeness (QED) is 0.236. The van der Waals surface area contributed by atoms with Crippen molar-refractivity contribution in [2.75, 3.05) is 26.1 Å². The molecule has 0 bridgehead atoms. The zero-order chi connectivity index (χ0) is 29.9. The summed E-state index contributed by atoms with van der Waals surface area (Å²) in [6, 6.07) is 20.2. The molecular formula is C32H28F3N7. The van der Waals surface area contributed by atoms with Crippen LogP contribution in [0.2, 0.25) is 0 Å². The number of allylic oxidation sites excluding steroid dienone is 2. The maximum Gasteiger partial charge on any atom is 0.433 e. The Morgan fingerprint density at radius 2 is 1.83 bits per heavy atom. The van der Waals surface area contributed by atoms with Gasteiger partial charge in [0.1, 0.15) is 17.5 Å². The summed E-state index contributed by atoms with van der Waals surface area (Å²) in [5.74, 6) is -0.361. The maximum atomic E-state index is 13.2. The largest absolute Gasteiger partial charge is 0.433 e. The first-order chi connectivity index (χ1) is 20.2. The highest BCUT2D eigenvalue weighted by Gasteiger charge is 2.33. The fourth-order valence-electron chi connectivity index (χ4n) is 5.14. The number of aromatic nitrogens is 2. The predicted octanol–water partition coefficient (Wildman–Crippen LogP) is 6.49. The fraction of sp³-hybridized carbons (Fsp3) is 0.188. The third-order valence-electron chi connectivity index (χ3n) is 7.08. The molecule has 1 unspecified atom stereocenters. The molecule has 1 atom stereocenters. The lowest BCUT2D eigenvalue weighted by Gasteiger charge is -2.25. The minimum absolute atomic E-state index is 0.342. The molecule has 7 nitrogen and oxygen atoms in total. The second-order valence-electron chi connectivity index (χ2n) is 10.2. The highest BCUT2D eigenvalue weighted by atomic mass is 19.4. The number of nitriles is 1. The average molecular weight is 568 g/mol. The molecular weight excluding hydrogens is 539 g/mol. The standard InChI is InChI=1S/C32H28F3N7/c1-41-19-29(42(2)20-41)31(23-7-11-30(39-18-23)32(33,34)35)22-6-10-27-25(15-22)16-24(28(17-37)40-27)14-21-4-8-26(9-5-21)38-13-3-12-36/h3-13,15-16,18-19,31,36,38H,14,20H2,1-2H3/b13-3-,36-12?. The van der Waals surface area contributed by atoms with Crippen molar-refractivity contribution < 1.29 is 13.2 Å². The Kier molecular flexibility index (Phi) is 7.93. The third kappa shape index (κ3) is 6.10. The first-order valence-electron chi connectivity index (χ1n) is 13.2. The molecule has 3 heterocycles. The number of pyridine rings is 2. The fourth-order valence-corrected chi connectivity index (χ4v) is 5.14. The van der Waals surface area contributed by atoms with Crippen LogP contribution in [0.1, 0.15) is 39.6 Å². The Morgan fingerprint density at radius 1 is 1.07 bits per heavy atom. The molecule has 42 heavy (non-hydrogen) atoms. The normalized spacial score (nSPS) is 14.2. The van der Waals surface area contributed by atoms with Gasteiger partial charge in [0.05, 0.1) is 18.1 Å². The van der Waals surface area contributed by atoms with E-state index in [4.69, 9.17) is 5.41 Å². The van der Waals surface area contributed by atoms with Crippen LogP contribution in [0.25, 0.3) is 10.9 Å². The Bertz CT molecular complexity index is 1700. The molecule has 0 fully saturated rings. The van der Waals surface area contributed by atoms with Crippen molar-refractivity contribution >= 4 is 22.8 Å². The van der Waals surface area contributed by atoms with Crippen LogP contribution in [-0.4, -0.2) is 46.7 Å². The summed E-state index contributed by atoms with van der Waals surface area (Å²) in [6.45, 7) is 0.651. The summed E-state index contributed by atoms with van der Waals surface area (Å²) in [5, 5.41) is 20.8. The van der Waals surface area contributed by atoms with Crippen molar-refractivity contribution in [3.63, 3.8) is 0 Å². The second kappa shape index (κ2) is 11.7. The van der Waals surface area contributed by atoms with Gasteiger partial charge in [-0.3, -0.25) is 4.98 Å². The molecule has 0 saturated carbocycles. The van der Waals surface area contributed by atoms with E-state index in [1.165, 1.54) is 18.5 Å². The van der Waals surface area contributed by atoms with E-state index in [0.29, 0.717) is 29.9 Å². The molecule has 0 spiro atoms. The average Bonchev–Trinajstić information content (AvgIpc) is 3.30. The van der Waals surface area contributed by atoms with Gasteiger partial charge < -0.3 is 20.5 Å². The van der Waals surface area contributed by atoms with Gasteiger partial charge in [-0.2, -0.15) is 18.4 Å². The lowest BCUT2D eigenvalue weighted by molar-refractivity contribution is -0.141. The smallest absolute Gasteiger partial charge is 0.362 e. The number of rotatable bonds is 8. The second-order valence-corrected chi connectivity index (χ2v) is 10.2.